The zero-order valence-corrected chi connectivity index (χ0v) is 16.9. The summed E-state index contributed by atoms with van der Waals surface area (Å²) in [5.41, 5.74) is 2.11. The Hall–Kier alpha value is -0.520. The second kappa shape index (κ2) is 9.83. The lowest BCUT2D eigenvalue weighted by Crippen LogP contribution is -2.29. The lowest BCUT2D eigenvalue weighted by atomic mass is 9.85. The van der Waals surface area contributed by atoms with Crippen LogP contribution in [0.1, 0.15) is 49.7 Å². The first-order chi connectivity index (χ1) is 11.6. The van der Waals surface area contributed by atoms with E-state index in [4.69, 9.17) is 4.52 Å². The van der Waals surface area contributed by atoms with Crippen LogP contribution in [0.5, 0.6) is 0 Å². The predicted molar refractivity (Wildman–Crippen MR) is 108 cm³/mol. The predicted octanol–water partition coefficient (Wildman–Crippen LogP) is 5.87. The summed E-state index contributed by atoms with van der Waals surface area (Å²) in [5.74, 6) is 0.0394. The van der Waals surface area contributed by atoms with Gasteiger partial charge >= 0.3 is 8.60 Å². The van der Waals surface area contributed by atoms with Crippen molar-refractivity contribution in [3.63, 3.8) is 0 Å². The third-order valence-corrected chi connectivity index (χ3v) is 6.52. The molecule has 2 N–H and O–H groups in total. The highest BCUT2D eigenvalue weighted by Crippen LogP contribution is 2.54. The van der Waals surface area contributed by atoms with Crippen LogP contribution < -0.4 is 0 Å². The summed E-state index contributed by atoms with van der Waals surface area (Å²) < 4.78 is 4.92. The van der Waals surface area contributed by atoms with E-state index >= 15 is 0 Å². The van der Waals surface area contributed by atoms with E-state index in [1.165, 1.54) is 0 Å². The van der Waals surface area contributed by atoms with Gasteiger partial charge in [-0.25, -0.2) is 0 Å². The van der Waals surface area contributed by atoms with Crippen molar-refractivity contribution in [1.29, 1.82) is 0 Å². The van der Waals surface area contributed by atoms with Crippen LogP contribution in [0.2, 0.25) is 0 Å². The Morgan fingerprint density at radius 3 is 2.12 bits per heavy atom. The molecule has 2 aromatic rings. The maximum Gasteiger partial charge on any atom is 0.328 e. The van der Waals surface area contributed by atoms with E-state index in [9.17, 15) is 9.79 Å². The van der Waals surface area contributed by atoms with Gasteiger partial charge in [-0.1, -0.05) is 86.8 Å². The SMILES string of the molecule is CCCCCC(c1ccccc1)C(I)(OP(O)O)c1ccccc1. The summed E-state index contributed by atoms with van der Waals surface area (Å²) in [6.07, 6.45) is 4.30. The van der Waals surface area contributed by atoms with Gasteiger partial charge in [-0.05, 0) is 40.1 Å². The lowest BCUT2D eigenvalue weighted by Gasteiger charge is -2.36. The molecule has 0 spiro atoms. The second-order valence-corrected chi connectivity index (χ2v) is 8.10. The van der Waals surface area contributed by atoms with E-state index in [0.29, 0.717) is 0 Å². The average Bonchev–Trinajstić information content (AvgIpc) is 2.59. The van der Waals surface area contributed by atoms with E-state index in [0.717, 1.165) is 36.8 Å². The summed E-state index contributed by atoms with van der Waals surface area (Å²) in [7, 11) is -2.46. The van der Waals surface area contributed by atoms with Crippen LogP contribution in [0, 0.1) is 0 Å². The van der Waals surface area contributed by atoms with Crippen molar-refractivity contribution in [2.24, 2.45) is 0 Å². The molecule has 130 valence electrons. The van der Waals surface area contributed by atoms with Gasteiger partial charge in [0.2, 0.25) is 0 Å². The number of halogens is 1. The fraction of sp³-hybridized carbons (Fsp3) is 0.368. The normalized spacial score (nSPS) is 15.2. The number of hydrogen-bond donors (Lipinski definition) is 2. The molecular weight excluding hydrogens is 434 g/mol. The molecular formula is C19H24IO3P. The second-order valence-electron chi connectivity index (χ2n) is 5.81. The van der Waals surface area contributed by atoms with Gasteiger partial charge in [0.15, 0.2) is 3.61 Å². The molecule has 2 atom stereocenters. The molecule has 2 rings (SSSR count). The third-order valence-electron chi connectivity index (χ3n) is 4.13. The van der Waals surface area contributed by atoms with Crippen molar-refractivity contribution in [2.45, 2.75) is 42.1 Å². The maximum absolute atomic E-state index is 9.61. The molecule has 24 heavy (non-hydrogen) atoms. The Kier molecular flexibility index (Phi) is 8.11. The first-order valence-corrected chi connectivity index (χ1v) is 10.5. The first kappa shape index (κ1) is 19.8. The molecule has 5 heteroatoms. The van der Waals surface area contributed by atoms with Crippen LogP contribution >= 0.6 is 31.2 Å². The molecule has 2 unspecified atom stereocenters. The molecule has 0 aliphatic rings. The van der Waals surface area contributed by atoms with E-state index in [-0.39, 0.29) is 5.92 Å². The highest BCUT2D eigenvalue weighted by molar-refractivity contribution is 14.1. The van der Waals surface area contributed by atoms with Crippen LogP contribution in [0.3, 0.4) is 0 Å². The Balaban J connectivity index is 2.43. The molecule has 0 radical (unpaired) electrons. The summed E-state index contributed by atoms with van der Waals surface area (Å²) in [6.45, 7) is 2.18. The van der Waals surface area contributed by atoms with E-state index in [1.54, 1.807) is 0 Å². The minimum atomic E-state index is -2.46. The quantitative estimate of drug-likeness (QED) is 0.214. The van der Waals surface area contributed by atoms with Crippen LogP contribution in [0.25, 0.3) is 0 Å². The largest absolute Gasteiger partial charge is 0.328 e. The van der Waals surface area contributed by atoms with Gasteiger partial charge in [0.25, 0.3) is 0 Å². The first-order valence-electron chi connectivity index (χ1n) is 8.24. The number of alkyl halides is 1. The van der Waals surface area contributed by atoms with E-state index in [1.807, 2.05) is 48.5 Å². The van der Waals surface area contributed by atoms with E-state index < -0.39 is 12.2 Å². The van der Waals surface area contributed by atoms with Crippen molar-refractivity contribution < 1.29 is 14.3 Å². The highest BCUT2D eigenvalue weighted by Gasteiger charge is 2.41. The van der Waals surface area contributed by atoms with Gasteiger partial charge in [-0.2, -0.15) is 0 Å². The fourth-order valence-corrected chi connectivity index (χ4v) is 4.98. The number of rotatable bonds is 9. The summed E-state index contributed by atoms with van der Waals surface area (Å²) in [4.78, 5) is 19.2. The molecule has 2 aromatic carbocycles. The van der Waals surface area contributed by atoms with E-state index in [2.05, 4.69) is 41.6 Å². The van der Waals surface area contributed by atoms with Gasteiger partial charge in [0.05, 0.1) is 0 Å². The molecule has 3 nitrogen and oxygen atoms in total. The van der Waals surface area contributed by atoms with Crippen LogP contribution in [0.4, 0.5) is 0 Å². The highest BCUT2D eigenvalue weighted by atomic mass is 127. The average molecular weight is 458 g/mol. The van der Waals surface area contributed by atoms with Gasteiger partial charge in [-0.3, -0.25) is 4.52 Å². The van der Waals surface area contributed by atoms with Gasteiger partial charge in [0.1, 0.15) is 0 Å². The Bertz CT molecular complexity index is 594. The van der Waals surface area contributed by atoms with Gasteiger partial charge in [-0.15, -0.1) is 0 Å². The molecule has 0 aliphatic heterocycles. The molecule has 0 saturated heterocycles. The monoisotopic (exact) mass is 458 g/mol. The number of hydrogen-bond acceptors (Lipinski definition) is 3. The molecule has 0 amide bonds. The maximum atomic E-state index is 9.61. The van der Waals surface area contributed by atoms with Crippen molar-refractivity contribution in [1.82, 2.24) is 0 Å². The van der Waals surface area contributed by atoms with Crippen LogP contribution in [-0.2, 0) is 8.13 Å². The van der Waals surface area contributed by atoms with Crippen molar-refractivity contribution in [3.05, 3.63) is 71.8 Å². The molecule has 0 fully saturated rings. The van der Waals surface area contributed by atoms with Gasteiger partial charge in [0, 0.05) is 5.92 Å². The third kappa shape index (κ3) is 5.24. The van der Waals surface area contributed by atoms with Crippen molar-refractivity contribution >= 4 is 31.2 Å². The summed E-state index contributed by atoms with van der Waals surface area (Å²) in [6, 6.07) is 20.1. The fourth-order valence-electron chi connectivity index (χ4n) is 2.95. The van der Waals surface area contributed by atoms with Crippen molar-refractivity contribution in [2.75, 3.05) is 0 Å². The molecule has 0 aliphatic carbocycles. The zero-order chi connectivity index (χ0) is 17.4. The smallest absolute Gasteiger partial charge is 0.328 e. The van der Waals surface area contributed by atoms with Gasteiger partial charge < -0.3 is 9.79 Å². The number of benzene rings is 2. The lowest BCUT2D eigenvalue weighted by molar-refractivity contribution is 0.123. The molecule has 0 saturated carbocycles. The summed E-state index contributed by atoms with van der Waals surface area (Å²) >= 11 is 2.25. The van der Waals surface area contributed by atoms with Crippen molar-refractivity contribution in [3.8, 4) is 0 Å². The minimum absolute atomic E-state index is 0.0394. The Labute approximate surface area is 159 Å². The topological polar surface area (TPSA) is 49.7 Å². The molecule has 0 heterocycles. The Morgan fingerprint density at radius 1 is 1.00 bits per heavy atom. The Morgan fingerprint density at radius 2 is 1.58 bits per heavy atom. The molecule has 0 aromatic heterocycles. The summed E-state index contributed by atoms with van der Waals surface area (Å²) in [5, 5.41) is 0. The zero-order valence-electron chi connectivity index (χ0n) is 13.8. The number of unbranched alkanes of at least 4 members (excludes halogenated alkanes) is 2. The standard InChI is InChI=1S/C19H24IO3P/c1-2-3-6-15-18(16-11-7-4-8-12-16)19(20,23-24(21)22)17-13-9-5-10-14-17/h4-5,7-14,18,21-22H,2-3,6,15H2,1H3. The van der Waals surface area contributed by atoms with Crippen LogP contribution in [0.15, 0.2) is 60.7 Å². The van der Waals surface area contributed by atoms with Crippen LogP contribution in [-0.4, -0.2) is 9.79 Å². The minimum Gasteiger partial charge on any atom is -0.328 e. The molecule has 0 bridgehead atoms.